The van der Waals surface area contributed by atoms with Gasteiger partial charge < -0.3 is 14.7 Å². The number of carbonyl (C=O) groups excluding carboxylic acids is 1. The molecule has 0 bridgehead atoms. The van der Waals surface area contributed by atoms with E-state index in [4.69, 9.17) is 4.74 Å². The van der Waals surface area contributed by atoms with Crippen molar-refractivity contribution >= 4 is 17.2 Å². The molecule has 3 rings (SSSR count). The molecule has 184 valence electrons. The summed E-state index contributed by atoms with van der Waals surface area (Å²) in [5.41, 5.74) is 4.48. The summed E-state index contributed by atoms with van der Waals surface area (Å²) in [5, 5.41) is 11.1. The van der Waals surface area contributed by atoms with Crippen LogP contribution in [-0.4, -0.2) is 30.3 Å². The third-order valence-corrected chi connectivity index (χ3v) is 6.76. The molecule has 2 aromatic rings. The number of hydrogen-bond acceptors (Lipinski definition) is 4. The van der Waals surface area contributed by atoms with E-state index in [0.29, 0.717) is 18.1 Å². The third kappa shape index (κ3) is 6.50. The molecule has 2 atom stereocenters. The van der Waals surface area contributed by atoms with E-state index in [2.05, 4.69) is 45.7 Å². The van der Waals surface area contributed by atoms with Crippen molar-refractivity contribution in [1.29, 1.82) is 0 Å². The number of fused-ring (bicyclic) bond motifs is 1. The van der Waals surface area contributed by atoms with Crippen LogP contribution in [0.4, 0.5) is 5.69 Å². The maximum atomic E-state index is 12.7. The van der Waals surface area contributed by atoms with E-state index in [9.17, 15) is 9.90 Å². The molecule has 0 spiro atoms. The molecule has 1 aliphatic rings. The van der Waals surface area contributed by atoms with Gasteiger partial charge in [0.2, 0.25) is 0 Å². The lowest BCUT2D eigenvalue weighted by Crippen LogP contribution is -2.29. The minimum Gasteiger partial charge on any atom is -0.462 e. The number of carbonyl (C=O) groups is 1. The van der Waals surface area contributed by atoms with Crippen LogP contribution in [0, 0.1) is 11.3 Å². The fraction of sp³-hybridized carbons (Fsp3) is 0.500. The molecule has 0 radical (unpaired) electrons. The first kappa shape index (κ1) is 26.0. The van der Waals surface area contributed by atoms with Crippen LogP contribution in [0.1, 0.15) is 81.8 Å². The number of benzene rings is 2. The van der Waals surface area contributed by atoms with Crippen molar-refractivity contribution in [2.24, 2.45) is 11.3 Å². The van der Waals surface area contributed by atoms with Gasteiger partial charge in [-0.25, -0.2) is 4.79 Å². The molecular weight excluding hydrogens is 422 g/mol. The maximum Gasteiger partial charge on any atom is 0.338 e. The predicted octanol–water partition coefficient (Wildman–Crippen LogP) is 6.87. The van der Waals surface area contributed by atoms with E-state index in [0.717, 1.165) is 48.2 Å². The minimum absolute atomic E-state index is 0.236. The topological polar surface area (TPSA) is 49.8 Å². The predicted molar refractivity (Wildman–Crippen MR) is 141 cm³/mol. The average molecular weight is 464 g/mol. The fourth-order valence-corrected chi connectivity index (χ4v) is 4.43. The van der Waals surface area contributed by atoms with Crippen molar-refractivity contribution in [3.8, 4) is 0 Å². The van der Waals surface area contributed by atoms with Crippen LogP contribution in [0.25, 0.3) is 5.57 Å². The van der Waals surface area contributed by atoms with Crippen molar-refractivity contribution in [1.82, 2.24) is 0 Å². The highest BCUT2D eigenvalue weighted by atomic mass is 16.5. The summed E-state index contributed by atoms with van der Waals surface area (Å²) < 4.78 is 5.66. The Bertz CT molecular complexity index is 974. The van der Waals surface area contributed by atoms with Crippen LogP contribution >= 0.6 is 0 Å². The molecule has 0 aliphatic carbocycles. The number of esters is 1. The maximum absolute atomic E-state index is 12.7. The standard InChI is InChI=1S/C30H41NO3/c1-6-8-12-22(7-2)21-34-29(33)25-15-16-27-24(19-25)17-18-31(27)20-26(28(32)30(3,4)5)23-13-10-9-11-14-23/h9-11,13-16,19-20,22,28,32H,6-8,12,17-18,21H2,1-5H3/b26-20+. The molecule has 4 nitrogen and oxygen atoms in total. The van der Waals surface area contributed by atoms with Crippen molar-refractivity contribution in [3.05, 3.63) is 71.4 Å². The summed E-state index contributed by atoms with van der Waals surface area (Å²) in [6.07, 6.45) is 6.81. The van der Waals surface area contributed by atoms with Crippen molar-refractivity contribution < 1.29 is 14.6 Å². The first-order valence-corrected chi connectivity index (χ1v) is 12.8. The quantitative estimate of drug-likeness (QED) is 0.391. The van der Waals surface area contributed by atoms with Crippen LogP contribution in [0.5, 0.6) is 0 Å². The Kier molecular flexibility index (Phi) is 8.96. The average Bonchev–Trinajstić information content (AvgIpc) is 3.24. The Balaban J connectivity index is 1.78. The lowest BCUT2D eigenvalue weighted by atomic mass is 9.82. The summed E-state index contributed by atoms with van der Waals surface area (Å²) in [5.74, 6) is 0.199. The zero-order chi connectivity index (χ0) is 24.7. The van der Waals surface area contributed by atoms with Gasteiger partial charge >= 0.3 is 5.97 Å². The molecule has 34 heavy (non-hydrogen) atoms. The number of aliphatic hydroxyl groups excluding tert-OH is 1. The first-order valence-electron chi connectivity index (χ1n) is 12.8. The molecule has 1 aliphatic heterocycles. The largest absolute Gasteiger partial charge is 0.462 e. The van der Waals surface area contributed by atoms with E-state index >= 15 is 0 Å². The van der Waals surface area contributed by atoms with Crippen molar-refractivity contribution in [2.75, 3.05) is 18.1 Å². The molecule has 0 fully saturated rings. The number of hydrogen-bond donors (Lipinski definition) is 1. The normalized spacial score (nSPS) is 15.7. The van der Waals surface area contributed by atoms with Crippen LogP contribution in [0.15, 0.2) is 54.7 Å². The Morgan fingerprint density at radius 3 is 2.50 bits per heavy atom. The van der Waals surface area contributed by atoms with Gasteiger partial charge in [-0.1, -0.05) is 84.2 Å². The summed E-state index contributed by atoms with van der Waals surface area (Å²) in [4.78, 5) is 14.9. The fourth-order valence-electron chi connectivity index (χ4n) is 4.43. The highest BCUT2D eigenvalue weighted by molar-refractivity contribution is 5.90. The summed E-state index contributed by atoms with van der Waals surface area (Å²) >= 11 is 0. The van der Waals surface area contributed by atoms with Crippen LogP contribution in [0.2, 0.25) is 0 Å². The van der Waals surface area contributed by atoms with Gasteiger partial charge in [0.1, 0.15) is 0 Å². The number of rotatable bonds is 10. The number of nitrogens with zero attached hydrogens (tertiary/aromatic N) is 1. The van der Waals surface area contributed by atoms with Crippen LogP contribution in [-0.2, 0) is 11.2 Å². The molecule has 4 heteroatoms. The zero-order valence-corrected chi connectivity index (χ0v) is 21.5. The Morgan fingerprint density at radius 1 is 1.12 bits per heavy atom. The van der Waals surface area contributed by atoms with Gasteiger partial charge in [-0.05, 0) is 53.5 Å². The second-order valence-electron chi connectivity index (χ2n) is 10.5. The highest BCUT2D eigenvalue weighted by Crippen LogP contribution is 2.35. The smallest absolute Gasteiger partial charge is 0.338 e. The first-order chi connectivity index (χ1) is 16.2. The molecule has 0 saturated carbocycles. The van der Waals surface area contributed by atoms with Gasteiger partial charge in [0.25, 0.3) is 0 Å². The van der Waals surface area contributed by atoms with Gasteiger partial charge in [-0.2, -0.15) is 0 Å². The van der Waals surface area contributed by atoms with Gasteiger partial charge in [0.05, 0.1) is 18.3 Å². The summed E-state index contributed by atoms with van der Waals surface area (Å²) in [6, 6.07) is 15.9. The SMILES string of the molecule is CCCCC(CC)COC(=O)c1ccc2c(c1)CCN2/C=C(\c1ccccc1)C(O)C(C)(C)C. The molecule has 2 aromatic carbocycles. The van der Waals surface area contributed by atoms with Crippen LogP contribution < -0.4 is 4.90 Å². The number of anilines is 1. The second kappa shape index (κ2) is 11.7. The molecule has 2 unspecified atom stereocenters. The Morgan fingerprint density at radius 2 is 1.85 bits per heavy atom. The molecular formula is C30H41NO3. The van der Waals surface area contributed by atoms with Gasteiger partial charge in [-0.15, -0.1) is 0 Å². The van der Waals surface area contributed by atoms with Gasteiger partial charge in [-0.3, -0.25) is 0 Å². The number of unbranched alkanes of at least 4 members (excludes halogenated alkanes) is 1. The van der Waals surface area contributed by atoms with Crippen LogP contribution in [0.3, 0.4) is 0 Å². The lowest BCUT2D eigenvalue weighted by molar-refractivity contribution is 0.0428. The number of aliphatic hydroxyl groups is 1. The molecule has 0 aromatic heterocycles. The van der Waals surface area contributed by atoms with E-state index in [1.807, 2.05) is 48.5 Å². The summed E-state index contributed by atoms with van der Waals surface area (Å²) in [6.45, 7) is 11.8. The molecule has 1 heterocycles. The lowest BCUT2D eigenvalue weighted by Gasteiger charge is -2.30. The summed E-state index contributed by atoms with van der Waals surface area (Å²) in [7, 11) is 0. The van der Waals surface area contributed by atoms with E-state index < -0.39 is 6.10 Å². The van der Waals surface area contributed by atoms with Crippen molar-refractivity contribution in [3.63, 3.8) is 0 Å². The highest BCUT2D eigenvalue weighted by Gasteiger charge is 2.29. The molecule has 0 amide bonds. The van der Waals surface area contributed by atoms with E-state index in [1.54, 1.807) is 0 Å². The van der Waals surface area contributed by atoms with Gasteiger partial charge in [0.15, 0.2) is 0 Å². The zero-order valence-electron chi connectivity index (χ0n) is 21.5. The van der Waals surface area contributed by atoms with Gasteiger partial charge in [0, 0.05) is 24.0 Å². The molecule has 1 N–H and O–H groups in total. The minimum atomic E-state index is -0.604. The third-order valence-electron chi connectivity index (χ3n) is 6.76. The van der Waals surface area contributed by atoms with E-state index in [1.165, 1.54) is 12.8 Å². The Labute approximate surface area is 205 Å². The Hall–Kier alpha value is -2.59. The molecule has 0 saturated heterocycles. The monoisotopic (exact) mass is 463 g/mol. The van der Waals surface area contributed by atoms with Crippen molar-refractivity contribution in [2.45, 2.75) is 72.8 Å². The van der Waals surface area contributed by atoms with E-state index in [-0.39, 0.29) is 11.4 Å². The second-order valence-corrected chi connectivity index (χ2v) is 10.5. The number of ether oxygens (including phenoxy) is 1.